The van der Waals surface area contributed by atoms with Gasteiger partial charge in [-0.1, -0.05) is 26.7 Å². The van der Waals surface area contributed by atoms with Crippen LogP contribution >= 0.6 is 11.8 Å². The van der Waals surface area contributed by atoms with Gasteiger partial charge in [-0.3, -0.25) is 4.90 Å². The standard InChI is InChI=1S/C16H32N2S/c1-4-15(3)14-18(11-8-12-19-5-2)16(13-17-15)9-6-7-10-16/h17H,4-14H2,1-3H3. The van der Waals surface area contributed by atoms with Crippen LogP contribution in [0.25, 0.3) is 0 Å². The first-order valence-electron chi connectivity index (χ1n) is 8.22. The van der Waals surface area contributed by atoms with Gasteiger partial charge in [0, 0.05) is 24.2 Å². The fourth-order valence-corrected chi connectivity index (χ4v) is 4.34. The first kappa shape index (κ1) is 15.7. The van der Waals surface area contributed by atoms with E-state index in [4.69, 9.17) is 0 Å². The zero-order valence-electron chi connectivity index (χ0n) is 13.1. The summed E-state index contributed by atoms with van der Waals surface area (Å²) in [6.45, 7) is 10.8. The Bertz CT molecular complexity index is 276. The van der Waals surface area contributed by atoms with Crippen molar-refractivity contribution in [2.75, 3.05) is 31.1 Å². The molecule has 0 radical (unpaired) electrons. The molecule has 2 fully saturated rings. The maximum atomic E-state index is 3.86. The van der Waals surface area contributed by atoms with Crippen LogP contribution in [0.5, 0.6) is 0 Å². The number of rotatable bonds is 6. The molecule has 0 bridgehead atoms. The van der Waals surface area contributed by atoms with E-state index in [9.17, 15) is 0 Å². The number of nitrogens with zero attached hydrogens (tertiary/aromatic N) is 1. The summed E-state index contributed by atoms with van der Waals surface area (Å²) in [7, 11) is 0. The third-order valence-electron chi connectivity index (χ3n) is 5.29. The first-order chi connectivity index (χ1) is 9.14. The van der Waals surface area contributed by atoms with Crippen molar-refractivity contribution in [1.82, 2.24) is 10.2 Å². The van der Waals surface area contributed by atoms with Crippen LogP contribution in [0.1, 0.15) is 59.3 Å². The number of hydrogen-bond donors (Lipinski definition) is 1. The lowest BCUT2D eigenvalue weighted by atomic mass is 9.85. The highest BCUT2D eigenvalue weighted by atomic mass is 32.2. The van der Waals surface area contributed by atoms with Crippen LogP contribution in [0.4, 0.5) is 0 Å². The molecule has 0 amide bonds. The van der Waals surface area contributed by atoms with E-state index in [2.05, 4.69) is 42.7 Å². The van der Waals surface area contributed by atoms with Gasteiger partial charge >= 0.3 is 0 Å². The Labute approximate surface area is 124 Å². The molecule has 3 heteroatoms. The lowest BCUT2D eigenvalue weighted by Gasteiger charge is -2.52. The van der Waals surface area contributed by atoms with E-state index in [1.54, 1.807) is 0 Å². The summed E-state index contributed by atoms with van der Waals surface area (Å²) in [5.41, 5.74) is 0.845. The van der Waals surface area contributed by atoms with Crippen LogP contribution in [-0.2, 0) is 0 Å². The third kappa shape index (κ3) is 3.68. The Kier molecular flexibility index (Phi) is 5.62. The van der Waals surface area contributed by atoms with Crippen molar-refractivity contribution in [2.45, 2.75) is 70.4 Å². The minimum absolute atomic E-state index is 0.339. The summed E-state index contributed by atoms with van der Waals surface area (Å²) in [6.07, 6.45) is 8.31. The Morgan fingerprint density at radius 1 is 1.21 bits per heavy atom. The van der Waals surface area contributed by atoms with Crippen molar-refractivity contribution in [2.24, 2.45) is 0 Å². The second-order valence-corrected chi connectivity index (χ2v) is 8.07. The molecule has 1 saturated carbocycles. The molecule has 1 unspecified atom stereocenters. The van der Waals surface area contributed by atoms with Crippen LogP contribution in [0.15, 0.2) is 0 Å². The molecule has 1 aliphatic heterocycles. The Morgan fingerprint density at radius 2 is 1.95 bits per heavy atom. The van der Waals surface area contributed by atoms with E-state index in [0.29, 0.717) is 11.1 Å². The second-order valence-electron chi connectivity index (χ2n) is 6.67. The number of hydrogen-bond acceptors (Lipinski definition) is 3. The van der Waals surface area contributed by atoms with Gasteiger partial charge in [0.15, 0.2) is 0 Å². The fourth-order valence-electron chi connectivity index (χ4n) is 3.72. The molecular weight excluding hydrogens is 252 g/mol. The van der Waals surface area contributed by atoms with E-state index in [0.717, 1.165) is 0 Å². The van der Waals surface area contributed by atoms with E-state index in [-0.39, 0.29) is 0 Å². The minimum Gasteiger partial charge on any atom is -0.308 e. The molecule has 2 aliphatic rings. The molecule has 1 atom stereocenters. The van der Waals surface area contributed by atoms with Gasteiger partial charge in [-0.15, -0.1) is 0 Å². The summed E-state index contributed by atoms with van der Waals surface area (Å²) >= 11 is 2.09. The van der Waals surface area contributed by atoms with Gasteiger partial charge in [-0.2, -0.15) is 11.8 Å². The third-order valence-corrected chi connectivity index (χ3v) is 6.28. The van der Waals surface area contributed by atoms with Crippen molar-refractivity contribution in [3.63, 3.8) is 0 Å². The van der Waals surface area contributed by atoms with Crippen LogP contribution < -0.4 is 5.32 Å². The summed E-state index contributed by atoms with van der Waals surface area (Å²) < 4.78 is 0. The van der Waals surface area contributed by atoms with E-state index < -0.39 is 0 Å². The number of piperazine rings is 1. The maximum Gasteiger partial charge on any atom is 0.0334 e. The van der Waals surface area contributed by atoms with E-state index >= 15 is 0 Å². The van der Waals surface area contributed by atoms with E-state index in [1.807, 2.05) is 0 Å². The molecule has 2 rings (SSSR count). The van der Waals surface area contributed by atoms with Crippen molar-refractivity contribution in [1.29, 1.82) is 0 Å². The molecule has 1 saturated heterocycles. The van der Waals surface area contributed by atoms with Crippen molar-refractivity contribution in [3.05, 3.63) is 0 Å². The molecular formula is C16H32N2S. The zero-order chi connectivity index (χ0) is 13.8. The SMILES string of the molecule is CCSCCCN1CC(C)(CC)NCC12CCCC2. The number of nitrogens with one attached hydrogen (secondary N) is 1. The van der Waals surface area contributed by atoms with Gasteiger partial charge in [-0.05, 0) is 50.7 Å². The first-order valence-corrected chi connectivity index (χ1v) is 9.37. The lowest BCUT2D eigenvalue weighted by Crippen LogP contribution is -2.68. The quantitative estimate of drug-likeness (QED) is 0.751. The van der Waals surface area contributed by atoms with Crippen LogP contribution in [-0.4, -0.2) is 47.1 Å². The van der Waals surface area contributed by atoms with Crippen LogP contribution in [0.2, 0.25) is 0 Å². The second kappa shape index (κ2) is 6.82. The van der Waals surface area contributed by atoms with Crippen molar-refractivity contribution < 1.29 is 0 Å². The van der Waals surface area contributed by atoms with Gasteiger partial charge in [0.05, 0.1) is 0 Å². The Hall–Kier alpha value is 0.270. The van der Waals surface area contributed by atoms with Gasteiger partial charge in [0.2, 0.25) is 0 Å². The van der Waals surface area contributed by atoms with Crippen LogP contribution in [0, 0.1) is 0 Å². The average molecular weight is 285 g/mol. The van der Waals surface area contributed by atoms with Gasteiger partial charge < -0.3 is 5.32 Å². The topological polar surface area (TPSA) is 15.3 Å². The highest BCUT2D eigenvalue weighted by Gasteiger charge is 2.45. The summed E-state index contributed by atoms with van der Waals surface area (Å²) in [4.78, 5) is 2.86. The predicted molar refractivity (Wildman–Crippen MR) is 87.1 cm³/mol. The monoisotopic (exact) mass is 284 g/mol. The molecule has 0 aromatic carbocycles. The molecule has 0 aromatic rings. The molecule has 0 aromatic heterocycles. The van der Waals surface area contributed by atoms with Crippen molar-refractivity contribution in [3.8, 4) is 0 Å². The molecule has 112 valence electrons. The zero-order valence-corrected chi connectivity index (χ0v) is 14.0. The smallest absolute Gasteiger partial charge is 0.0334 e. The lowest BCUT2D eigenvalue weighted by molar-refractivity contribution is 0.0123. The van der Waals surface area contributed by atoms with Gasteiger partial charge in [0.25, 0.3) is 0 Å². The summed E-state index contributed by atoms with van der Waals surface area (Å²) in [5.74, 6) is 2.60. The molecule has 2 nitrogen and oxygen atoms in total. The molecule has 1 spiro atoms. The highest BCUT2D eigenvalue weighted by Crippen LogP contribution is 2.39. The highest BCUT2D eigenvalue weighted by molar-refractivity contribution is 7.99. The maximum absolute atomic E-state index is 3.86. The normalized spacial score (nSPS) is 31.1. The molecule has 1 heterocycles. The molecule has 1 aliphatic carbocycles. The summed E-state index contributed by atoms with van der Waals surface area (Å²) in [5, 5.41) is 3.86. The Morgan fingerprint density at radius 3 is 2.58 bits per heavy atom. The fraction of sp³-hybridized carbons (Fsp3) is 1.00. The van der Waals surface area contributed by atoms with Crippen molar-refractivity contribution >= 4 is 11.8 Å². The Balaban J connectivity index is 1.95. The van der Waals surface area contributed by atoms with Gasteiger partial charge in [-0.25, -0.2) is 0 Å². The predicted octanol–water partition coefficient (Wildman–Crippen LogP) is 3.52. The summed E-state index contributed by atoms with van der Waals surface area (Å²) in [6, 6.07) is 0. The largest absolute Gasteiger partial charge is 0.308 e. The molecule has 1 N–H and O–H groups in total. The molecule has 19 heavy (non-hydrogen) atoms. The van der Waals surface area contributed by atoms with Crippen LogP contribution in [0.3, 0.4) is 0 Å². The average Bonchev–Trinajstić information content (AvgIpc) is 2.89. The number of thioether (sulfide) groups is 1. The minimum atomic E-state index is 0.339. The van der Waals surface area contributed by atoms with Gasteiger partial charge in [0.1, 0.15) is 0 Å². The van der Waals surface area contributed by atoms with E-state index in [1.165, 1.54) is 69.7 Å².